The van der Waals surface area contributed by atoms with E-state index in [1.807, 2.05) is 24.3 Å². The van der Waals surface area contributed by atoms with Crippen molar-refractivity contribution in [2.75, 3.05) is 39.9 Å². The maximum Gasteiger partial charge on any atom is 0.260 e. The Hall–Kier alpha value is -2.81. The van der Waals surface area contributed by atoms with E-state index in [0.717, 1.165) is 11.3 Å². The summed E-state index contributed by atoms with van der Waals surface area (Å²) >= 11 is 12.0. The smallest absolute Gasteiger partial charge is 0.260 e. The van der Waals surface area contributed by atoms with Gasteiger partial charge in [0.2, 0.25) is 11.7 Å². The highest BCUT2D eigenvalue weighted by molar-refractivity contribution is 6.34. The summed E-state index contributed by atoms with van der Waals surface area (Å²) < 4.78 is 16.1. The predicted molar refractivity (Wildman–Crippen MR) is 120 cm³/mol. The summed E-state index contributed by atoms with van der Waals surface area (Å²) in [4.78, 5) is 20.9. The topological polar surface area (TPSA) is 80.9 Å². The molecule has 0 N–H and O–H groups in total. The fourth-order valence-electron chi connectivity index (χ4n) is 3.34. The van der Waals surface area contributed by atoms with Gasteiger partial charge in [-0.15, -0.1) is 0 Å². The molecule has 2 aromatic carbocycles. The van der Waals surface area contributed by atoms with E-state index in [2.05, 4.69) is 15.0 Å². The van der Waals surface area contributed by atoms with Gasteiger partial charge in [-0.05, 0) is 36.4 Å². The van der Waals surface area contributed by atoms with E-state index < -0.39 is 0 Å². The van der Waals surface area contributed by atoms with Gasteiger partial charge in [0.1, 0.15) is 11.5 Å². The van der Waals surface area contributed by atoms with E-state index in [-0.39, 0.29) is 12.5 Å². The lowest BCUT2D eigenvalue weighted by molar-refractivity contribution is -0.135. The molecule has 0 unspecified atom stereocenters. The first-order chi connectivity index (χ1) is 15.5. The van der Waals surface area contributed by atoms with Gasteiger partial charge >= 0.3 is 0 Å². The Balaban J connectivity index is 1.25. The molecule has 0 radical (unpaired) electrons. The van der Waals surface area contributed by atoms with Crippen molar-refractivity contribution in [2.45, 2.75) is 6.54 Å². The second-order valence-electron chi connectivity index (χ2n) is 7.26. The average molecular weight is 477 g/mol. The number of nitrogens with zero attached hydrogens (tertiary/aromatic N) is 4. The summed E-state index contributed by atoms with van der Waals surface area (Å²) in [6.45, 7) is 3.01. The van der Waals surface area contributed by atoms with Crippen LogP contribution in [0, 0.1) is 0 Å². The molecule has 2 heterocycles. The van der Waals surface area contributed by atoms with E-state index in [0.29, 0.717) is 60.2 Å². The van der Waals surface area contributed by atoms with Crippen LogP contribution in [0.1, 0.15) is 5.89 Å². The lowest BCUT2D eigenvalue weighted by atomic mass is 10.2. The van der Waals surface area contributed by atoms with E-state index in [4.69, 9.17) is 37.2 Å². The van der Waals surface area contributed by atoms with Crippen molar-refractivity contribution in [1.29, 1.82) is 0 Å². The third kappa shape index (κ3) is 5.51. The van der Waals surface area contributed by atoms with Crippen LogP contribution in [-0.2, 0) is 11.3 Å². The van der Waals surface area contributed by atoms with Crippen LogP contribution in [0.15, 0.2) is 47.0 Å². The summed E-state index contributed by atoms with van der Waals surface area (Å²) in [6, 6.07) is 12.4. The zero-order valence-electron chi connectivity index (χ0n) is 17.5. The Labute approximate surface area is 195 Å². The molecule has 0 bridgehead atoms. The van der Waals surface area contributed by atoms with Crippen molar-refractivity contribution < 1.29 is 18.8 Å². The number of methoxy groups -OCH3 is 1. The molecule has 1 aromatic heterocycles. The standard InChI is InChI=1S/C22H22Cl2N4O4/c1-30-17-5-2-15(3-6-17)22-25-20(32-26-22)13-27-8-10-28(11-9-27)21(29)14-31-19-12-16(23)4-7-18(19)24/h2-7,12H,8-11,13-14H2,1H3. The van der Waals surface area contributed by atoms with E-state index in [1.54, 1.807) is 30.2 Å². The lowest BCUT2D eigenvalue weighted by Crippen LogP contribution is -2.49. The molecule has 10 heteroatoms. The first-order valence-electron chi connectivity index (χ1n) is 10.1. The molecule has 1 amide bonds. The number of ether oxygens (including phenoxy) is 2. The third-order valence-corrected chi connectivity index (χ3v) is 5.69. The highest BCUT2D eigenvalue weighted by atomic mass is 35.5. The summed E-state index contributed by atoms with van der Waals surface area (Å²) in [7, 11) is 1.62. The molecule has 3 aromatic rings. The number of carbonyl (C=O) groups is 1. The van der Waals surface area contributed by atoms with Crippen molar-refractivity contribution in [1.82, 2.24) is 19.9 Å². The van der Waals surface area contributed by atoms with Crippen molar-refractivity contribution in [3.05, 3.63) is 58.4 Å². The molecule has 32 heavy (non-hydrogen) atoms. The Morgan fingerprint density at radius 3 is 2.56 bits per heavy atom. The number of aromatic nitrogens is 2. The Morgan fingerprint density at radius 1 is 1.09 bits per heavy atom. The van der Waals surface area contributed by atoms with Gasteiger partial charge in [-0.25, -0.2) is 0 Å². The average Bonchev–Trinajstić information content (AvgIpc) is 3.28. The molecule has 1 aliphatic rings. The fraction of sp³-hybridized carbons (Fsp3) is 0.318. The molecule has 8 nitrogen and oxygen atoms in total. The molecule has 0 saturated carbocycles. The normalized spacial score (nSPS) is 14.4. The number of benzene rings is 2. The fourth-order valence-corrected chi connectivity index (χ4v) is 3.68. The van der Waals surface area contributed by atoms with Crippen LogP contribution in [0.4, 0.5) is 0 Å². The van der Waals surface area contributed by atoms with Gasteiger partial charge in [0.05, 0.1) is 18.7 Å². The highest BCUT2D eigenvalue weighted by Gasteiger charge is 2.23. The van der Waals surface area contributed by atoms with Crippen LogP contribution < -0.4 is 9.47 Å². The molecule has 0 spiro atoms. The van der Waals surface area contributed by atoms with Gasteiger partial charge < -0.3 is 18.9 Å². The quantitative estimate of drug-likeness (QED) is 0.513. The Kier molecular flexibility index (Phi) is 7.14. The number of hydrogen-bond donors (Lipinski definition) is 0. The van der Waals surface area contributed by atoms with Crippen LogP contribution in [0.3, 0.4) is 0 Å². The monoisotopic (exact) mass is 476 g/mol. The molecule has 0 atom stereocenters. The van der Waals surface area contributed by atoms with Gasteiger partial charge in [0.15, 0.2) is 6.61 Å². The van der Waals surface area contributed by atoms with Gasteiger partial charge in [0.25, 0.3) is 5.91 Å². The van der Waals surface area contributed by atoms with Crippen LogP contribution >= 0.6 is 23.2 Å². The molecular weight excluding hydrogens is 455 g/mol. The minimum atomic E-state index is -0.0970. The number of rotatable bonds is 7. The van der Waals surface area contributed by atoms with E-state index >= 15 is 0 Å². The molecule has 4 rings (SSSR count). The molecule has 1 fully saturated rings. The minimum absolute atomic E-state index is 0.0884. The van der Waals surface area contributed by atoms with Gasteiger partial charge in [-0.2, -0.15) is 4.98 Å². The summed E-state index contributed by atoms with van der Waals surface area (Å²) in [5.41, 5.74) is 0.857. The maximum absolute atomic E-state index is 12.5. The van der Waals surface area contributed by atoms with Crippen LogP contribution in [0.25, 0.3) is 11.4 Å². The number of amides is 1. The van der Waals surface area contributed by atoms with Crippen molar-refractivity contribution >= 4 is 29.1 Å². The summed E-state index contributed by atoms with van der Waals surface area (Å²) in [5.74, 6) is 2.14. The first-order valence-corrected chi connectivity index (χ1v) is 10.8. The van der Waals surface area contributed by atoms with Gasteiger partial charge in [-0.1, -0.05) is 28.4 Å². The minimum Gasteiger partial charge on any atom is -0.497 e. The second kappa shape index (κ2) is 10.2. The molecule has 1 aliphatic heterocycles. The Morgan fingerprint density at radius 2 is 1.84 bits per heavy atom. The highest BCUT2D eigenvalue weighted by Crippen LogP contribution is 2.27. The zero-order valence-corrected chi connectivity index (χ0v) is 19.0. The van der Waals surface area contributed by atoms with E-state index in [9.17, 15) is 4.79 Å². The third-order valence-electron chi connectivity index (χ3n) is 5.14. The van der Waals surface area contributed by atoms with Crippen molar-refractivity contribution in [3.8, 4) is 22.9 Å². The molecule has 0 aliphatic carbocycles. The van der Waals surface area contributed by atoms with Gasteiger partial charge in [0, 0.05) is 42.8 Å². The number of carbonyl (C=O) groups excluding carboxylic acids is 1. The number of halogens is 2. The maximum atomic E-state index is 12.5. The SMILES string of the molecule is COc1ccc(-c2noc(CN3CCN(C(=O)COc4cc(Cl)ccc4Cl)CC3)n2)cc1. The Bertz CT molecular complexity index is 1070. The summed E-state index contributed by atoms with van der Waals surface area (Å²) in [6.07, 6.45) is 0. The second-order valence-corrected chi connectivity index (χ2v) is 8.10. The van der Waals surface area contributed by atoms with Crippen LogP contribution in [0.5, 0.6) is 11.5 Å². The molecule has 1 saturated heterocycles. The number of hydrogen-bond acceptors (Lipinski definition) is 7. The predicted octanol–water partition coefficient (Wildman–Crippen LogP) is 3.78. The first kappa shape index (κ1) is 22.4. The largest absolute Gasteiger partial charge is 0.497 e. The van der Waals surface area contributed by atoms with E-state index in [1.165, 1.54) is 0 Å². The lowest BCUT2D eigenvalue weighted by Gasteiger charge is -2.33. The summed E-state index contributed by atoms with van der Waals surface area (Å²) in [5, 5.41) is 4.98. The molecular formula is C22H22Cl2N4O4. The zero-order chi connectivity index (χ0) is 22.5. The van der Waals surface area contributed by atoms with Crippen molar-refractivity contribution in [3.63, 3.8) is 0 Å². The van der Waals surface area contributed by atoms with Crippen LogP contribution in [0.2, 0.25) is 10.0 Å². The molecule has 168 valence electrons. The van der Waals surface area contributed by atoms with Crippen LogP contribution in [-0.4, -0.2) is 65.7 Å². The number of piperazine rings is 1. The van der Waals surface area contributed by atoms with Gasteiger partial charge in [-0.3, -0.25) is 9.69 Å². The van der Waals surface area contributed by atoms with Crippen molar-refractivity contribution in [2.24, 2.45) is 0 Å².